The number of unbranched alkanes of at least 4 members (excludes halogenated alkanes) is 38. The van der Waals surface area contributed by atoms with Crippen molar-refractivity contribution in [1.29, 1.82) is 0 Å². The Morgan fingerprint density at radius 1 is 0.358 bits per heavy atom. The van der Waals surface area contributed by atoms with E-state index >= 15 is 0 Å². The second-order valence-electron chi connectivity index (χ2n) is 17.5. The van der Waals surface area contributed by atoms with Gasteiger partial charge in [-0.05, 0) is 38.8 Å². The SMILES string of the molecule is CCCCCCCCCCCCCCCCCCCCCCN(CCCCCCCCCCCCCCCCCCCCCC)C(CC)CCC(=O)O. The Labute approximate surface area is 335 Å². The van der Waals surface area contributed by atoms with Crippen LogP contribution in [-0.2, 0) is 4.79 Å². The lowest BCUT2D eigenvalue weighted by molar-refractivity contribution is -0.137. The smallest absolute Gasteiger partial charge is 0.303 e. The first-order chi connectivity index (χ1) is 26.2. The van der Waals surface area contributed by atoms with E-state index in [-0.39, 0.29) is 0 Å². The highest BCUT2D eigenvalue weighted by atomic mass is 16.4. The fourth-order valence-electron chi connectivity index (χ4n) is 8.55. The van der Waals surface area contributed by atoms with E-state index in [2.05, 4.69) is 25.7 Å². The molecule has 0 rings (SSSR count). The summed E-state index contributed by atoms with van der Waals surface area (Å²) in [4.78, 5) is 14.0. The first kappa shape index (κ1) is 52.4. The molecule has 1 unspecified atom stereocenters. The predicted molar refractivity (Wildman–Crippen MR) is 239 cm³/mol. The molecule has 0 aliphatic rings. The largest absolute Gasteiger partial charge is 0.481 e. The molecule has 0 aromatic carbocycles. The number of nitrogens with zero attached hydrogens (tertiary/aromatic N) is 1. The Kier molecular flexibility index (Phi) is 45.3. The zero-order chi connectivity index (χ0) is 38.6. The van der Waals surface area contributed by atoms with Crippen LogP contribution in [-0.4, -0.2) is 35.1 Å². The van der Waals surface area contributed by atoms with Gasteiger partial charge in [-0.2, -0.15) is 0 Å². The zero-order valence-electron chi connectivity index (χ0n) is 37.2. The minimum absolute atomic E-state index is 0.313. The molecular formula is C50H101NO2. The van der Waals surface area contributed by atoms with Crippen molar-refractivity contribution >= 4 is 5.97 Å². The first-order valence-corrected chi connectivity index (χ1v) is 25.1. The third-order valence-corrected chi connectivity index (χ3v) is 12.3. The summed E-state index contributed by atoms with van der Waals surface area (Å²) in [5.74, 6) is -0.638. The summed E-state index contributed by atoms with van der Waals surface area (Å²) in [6, 6.07) is 0.437. The molecule has 3 nitrogen and oxygen atoms in total. The Hall–Kier alpha value is -0.570. The lowest BCUT2D eigenvalue weighted by Crippen LogP contribution is -2.37. The van der Waals surface area contributed by atoms with Gasteiger partial charge >= 0.3 is 5.97 Å². The van der Waals surface area contributed by atoms with E-state index in [9.17, 15) is 9.90 Å². The monoisotopic (exact) mass is 748 g/mol. The molecule has 318 valence electrons. The van der Waals surface area contributed by atoms with E-state index in [1.54, 1.807) is 0 Å². The molecule has 0 heterocycles. The Morgan fingerprint density at radius 3 is 0.755 bits per heavy atom. The van der Waals surface area contributed by atoms with Gasteiger partial charge in [-0.25, -0.2) is 0 Å². The summed E-state index contributed by atoms with van der Waals surface area (Å²) in [6.45, 7) is 9.19. The van der Waals surface area contributed by atoms with Crippen LogP contribution in [0.5, 0.6) is 0 Å². The van der Waals surface area contributed by atoms with Gasteiger partial charge in [0.05, 0.1) is 0 Å². The van der Waals surface area contributed by atoms with Crippen LogP contribution in [0.25, 0.3) is 0 Å². The summed E-state index contributed by atoms with van der Waals surface area (Å²) in [7, 11) is 0. The van der Waals surface area contributed by atoms with E-state index in [0.717, 1.165) is 25.9 Å². The van der Waals surface area contributed by atoms with Crippen molar-refractivity contribution in [2.24, 2.45) is 0 Å². The van der Waals surface area contributed by atoms with Gasteiger partial charge < -0.3 is 10.0 Å². The lowest BCUT2D eigenvalue weighted by atomic mass is 10.0. The molecule has 53 heavy (non-hydrogen) atoms. The summed E-state index contributed by atoms with van der Waals surface area (Å²) < 4.78 is 0. The normalized spacial score (nSPS) is 12.3. The molecule has 3 heteroatoms. The average molecular weight is 748 g/mol. The van der Waals surface area contributed by atoms with Crippen molar-refractivity contribution in [3.63, 3.8) is 0 Å². The maximum Gasteiger partial charge on any atom is 0.303 e. The third kappa shape index (κ3) is 42.4. The highest BCUT2D eigenvalue weighted by molar-refractivity contribution is 5.66. The van der Waals surface area contributed by atoms with Crippen molar-refractivity contribution in [2.75, 3.05) is 13.1 Å². The van der Waals surface area contributed by atoms with Gasteiger partial charge in [0.2, 0.25) is 0 Å². The van der Waals surface area contributed by atoms with Crippen LogP contribution >= 0.6 is 0 Å². The molecule has 0 bridgehead atoms. The van der Waals surface area contributed by atoms with Gasteiger partial charge in [-0.15, -0.1) is 0 Å². The van der Waals surface area contributed by atoms with Crippen LogP contribution in [0.2, 0.25) is 0 Å². The molecule has 1 N–H and O–H groups in total. The quantitative estimate of drug-likeness (QED) is 0.0630. The third-order valence-electron chi connectivity index (χ3n) is 12.3. The van der Waals surface area contributed by atoms with Gasteiger partial charge in [0.15, 0.2) is 0 Å². The maximum absolute atomic E-state index is 11.3. The molecule has 0 aliphatic carbocycles. The van der Waals surface area contributed by atoms with Gasteiger partial charge in [-0.3, -0.25) is 4.79 Å². The van der Waals surface area contributed by atoms with Crippen LogP contribution in [0.3, 0.4) is 0 Å². The van der Waals surface area contributed by atoms with Gasteiger partial charge in [-0.1, -0.05) is 265 Å². The summed E-state index contributed by atoms with van der Waals surface area (Å²) in [5, 5.41) is 9.32. The van der Waals surface area contributed by atoms with Crippen molar-refractivity contribution in [3.05, 3.63) is 0 Å². The molecule has 0 aromatic rings. The van der Waals surface area contributed by atoms with Gasteiger partial charge in [0.1, 0.15) is 0 Å². The summed E-state index contributed by atoms with van der Waals surface area (Å²) >= 11 is 0. The van der Waals surface area contributed by atoms with Gasteiger partial charge in [0.25, 0.3) is 0 Å². The van der Waals surface area contributed by atoms with Crippen LogP contribution in [0.15, 0.2) is 0 Å². The van der Waals surface area contributed by atoms with E-state index in [4.69, 9.17) is 0 Å². The lowest BCUT2D eigenvalue weighted by Gasteiger charge is -2.31. The summed E-state index contributed by atoms with van der Waals surface area (Å²) in [6.07, 6.45) is 59.2. The predicted octanol–water partition coefficient (Wildman–Crippen LogP) is 17.6. The Balaban J connectivity index is 3.77. The molecule has 1 atom stereocenters. The number of carboxylic acid groups (broad SMARTS) is 1. The minimum Gasteiger partial charge on any atom is -0.481 e. The fourth-order valence-corrected chi connectivity index (χ4v) is 8.55. The number of rotatable bonds is 47. The molecule has 0 aromatic heterocycles. The van der Waals surface area contributed by atoms with Crippen molar-refractivity contribution in [3.8, 4) is 0 Å². The molecule has 0 saturated carbocycles. The Morgan fingerprint density at radius 2 is 0.566 bits per heavy atom. The van der Waals surface area contributed by atoms with Crippen molar-refractivity contribution < 1.29 is 9.90 Å². The average Bonchev–Trinajstić information content (AvgIpc) is 3.16. The highest BCUT2D eigenvalue weighted by Crippen LogP contribution is 2.19. The zero-order valence-corrected chi connectivity index (χ0v) is 37.2. The van der Waals surface area contributed by atoms with Crippen molar-refractivity contribution in [1.82, 2.24) is 4.90 Å². The number of carboxylic acids is 1. The van der Waals surface area contributed by atoms with Gasteiger partial charge in [0, 0.05) is 12.5 Å². The standard InChI is InChI=1S/C50H101NO2/c1-4-7-9-11-13-15-17-19-21-23-25-27-29-31-33-35-37-39-41-43-47-51(49(6-3)45-46-50(52)53)48-44-42-40-38-36-34-32-30-28-26-24-22-20-18-16-14-12-10-8-5-2/h49H,4-48H2,1-3H3,(H,52,53). The second kappa shape index (κ2) is 45.8. The van der Waals surface area contributed by atoms with Crippen LogP contribution < -0.4 is 0 Å². The van der Waals surface area contributed by atoms with Crippen LogP contribution in [0.4, 0.5) is 0 Å². The summed E-state index contributed by atoms with van der Waals surface area (Å²) in [5.41, 5.74) is 0. The molecule has 0 radical (unpaired) electrons. The van der Waals surface area contributed by atoms with E-state index in [0.29, 0.717) is 12.5 Å². The number of hydrogen-bond donors (Lipinski definition) is 1. The molecule has 0 aliphatic heterocycles. The molecule has 0 saturated heterocycles. The molecule has 0 spiro atoms. The second-order valence-corrected chi connectivity index (χ2v) is 17.5. The van der Waals surface area contributed by atoms with Crippen LogP contribution in [0.1, 0.15) is 297 Å². The molecular weight excluding hydrogens is 647 g/mol. The fraction of sp³-hybridized carbons (Fsp3) is 0.980. The van der Waals surface area contributed by atoms with E-state index in [1.165, 1.54) is 257 Å². The Bertz CT molecular complexity index is 636. The van der Waals surface area contributed by atoms with E-state index < -0.39 is 5.97 Å². The molecule has 0 amide bonds. The highest BCUT2D eigenvalue weighted by Gasteiger charge is 2.17. The maximum atomic E-state index is 11.3. The topological polar surface area (TPSA) is 40.5 Å². The molecule has 0 fully saturated rings. The van der Waals surface area contributed by atoms with Crippen molar-refractivity contribution in [2.45, 2.75) is 303 Å². The number of carbonyl (C=O) groups is 1. The first-order valence-electron chi connectivity index (χ1n) is 25.1. The van der Waals surface area contributed by atoms with E-state index in [1.807, 2.05) is 0 Å². The number of hydrogen-bond acceptors (Lipinski definition) is 2. The van der Waals surface area contributed by atoms with Crippen LogP contribution in [0, 0.1) is 0 Å². The number of aliphatic carboxylic acids is 1. The minimum atomic E-state index is -0.638.